The number of nitrogens with zero attached hydrogens (tertiary/aromatic N) is 1. The third-order valence-electron chi connectivity index (χ3n) is 4.13. The number of carbonyl (C=O) groups excluding carboxylic acids is 1. The van der Waals surface area contributed by atoms with Crippen molar-refractivity contribution < 1.29 is 9.53 Å². The number of nitrogens with one attached hydrogen (secondary N) is 1. The van der Waals surface area contributed by atoms with Gasteiger partial charge in [0.25, 0.3) is 5.91 Å². The highest BCUT2D eigenvalue weighted by Crippen LogP contribution is 2.42. The molecular weight excluding hydrogens is 284 g/mol. The summed E-state index contributed by atoms with van der Waals surface area (Å²) in [4.78, 5) is 12.5. The molecule has 0 unspecified atom stereocenters. The standard InChI is InChI=1S/C16H18N2O2S/c1-20-14-7-3-2-6-13(14)16(8-4-5-9-16)18-15(19)12-10-17-21-11-12/h2-3,6-7,10-11H,4-5,8-9H2,1H3,(H,18,19). The minimum absolute atomic E-state index is 0.0587. The maximum absolute atomic E-state index is 12.5. The Morgan fingerprint density at radius 1 is 1.33 bits per heavy atom. The molecule has 1 N–H and O–H groups in total. The normalized spacial score (nSPS) is 16.6. The predicted molar refractivity (Wildman–Crippen MR) is 82.7 cm³/mol. The van der Waals surface area contributed by atoms with Crippen LogP contribution in [0, 0.1) is 0 Å². The number of para-hydroxylation sites is 1. The number of amides is 1. The molecule has 0 saturated heterocycles. The summed E-state index contributed by atoms with van der Waals surface area (Å²) in [5.74, 6) is 0.777. The Kier molecular flexibility index (Phi) is 3.92. The van der Waals surface area contributed by atoms with Gasteiger partial charge >= 0.3 is 0 Å². The SMILES string of the molecule is COc1ccccc1C1(NC(=O)c2cnsc2)CCCC1. The molecule has 5 heteroatoms. The van der Waals surface area contributed by atoms with Gasteiger partial charge in [0.1, 0.15) is 5.75 Å². The van der Waals surface area contributed by atoms with Crippen molar-refractivity contribution in [2.24, 2.45) is 0 Å². The molecule has 1 aromatic carbocycles. The van der Waals surface area contributed by atoms with E-state index in [0.29, 0.717) is 5.56 Å². The first-order chi connectivity index (χ1) is 10.2. The Labute approximate surface area is 128 Å². The van der Waals surface area contributed by atoms with Crippen LogP contribution in [-0.2, 0) is 5.54 Å². The first-order valence-electron chi connectivity index (χ1n) is 7.10. The van der Waals surface area contributed by atoms with Crippen LogP contribution in [0.2, 0.25) is 0 Å². The molecule has 1 saturated carbocycles. The van der Waals surface area contributed by atoms with Gasteiger partial charge in [0.05, 0.1) is 24.4 Å². The molecule has 1 fully saturated rings. The first-order valence-corrected chi connectivity index (χ1v) is 7.94. The minimum atomic E-state index is -0.328. The Morgan fingerprint density at radius 3 is 2.76 bits per heavy atom. The molecule has 1 aliphatic carbocycles. The van der Waals surface area contributed by atoms with Crippen molar-refractivity contribution in [2.45, 2.75) is 31.2 Å². The van der Waals surface area contributed by atoms with Crippen molar-refractivity contribution in [1.82, 2.24) is 9.69 Å². The van der Waals surface area contributed by atoms with E-state index in [1.54, 1.807) is 18.7 Å². The van der Waals surface area contributed by atoms with Gasteiger partial charge in [-0.25, -0.2) is 4.37 Å². The molecule has 3 rings (SSSR count). The smallest absolute Gasteiger partial charge is 0.254 e. The summed E-state index contributed by atoms with van der Waals surface area (Å²) in [6, 6.07) is 7.95. The van der Waals surface area contributed by atoms with Crippen LogP contribution in [0.25, 0.3) is 0 Å². The molecule has 4 nitrogen and oxygen atoms in total. The second-order valence-electron chi connectivity index (χ2n) is 5.36. The Balaban J connectivity index is 1.94. The lowest BCUT2D eigenvalue weighted by Crippen LogP contribution is -2.43. The van der Waals surface area contributed by atoms with Gasteiger partial charge in [-0.1, -0.05) is 31.0 Å². The van der Waals surface area contributed by atoms with Crippen molar-refractivity contribution >= 4 is 17.4 Å². The van der Waals surface area contributed by atoms with Gasteiger partial charge in [-0.05, 0) is 30.4 Å². The van der Waals surface area contributed by atoms with Gasteiger partial charge in [-0.3, -0.25) is 4.79 Å². The lowest BCUT2D eigenvalue weighted by Gasteiger charge is -2.32. The second kappa shape index (κ2) is 5.85. The van der Waals surface area contributed by atoms with E-state index in [-0.39, 0.29) is 11.4 Å². The third-order valence-corrected chi connectivity index (χ3v) is 4.71. The van der Waals surface area contributed by atoms with Crippen LogP contribution in [0.15, 0.2) is 35.8 Å². The van der Waals surface area contributed by atoms with Gasteiger partial charge < -0.3 is 10.1 Å². The number of benzene rings is 1. The number of hydrogen-bond donors (Lipinski definition) is 1. The van der Waals surface area contributed by atoms with E-state index in [4.69, 9.17) is 4.74 Å². The molecule has 1 heterocycles. The van der Waals surface area contributed by atoms with E-state index < -0.39 is 0 Å². The Morgan fingerprint density at radius 2 is 2.10 bits per heavy atom. The number of hydrogen-bond acceptors (Lipinski definition) is 4. The van der Waals surface area contributed by atoms with Crippen molar-refractivity contribution in [3.8, 4) is 5.75 Å². The number of methoxy groups -OCH3 is 1. The summed E-state index contributed by atoms with van der Waals surface area (Å²) in [7, 11) is 1.67. The lowest BCUT2D eigenvalue weighted by molar-refractivity contribution is 0.0897. The number of aromatic nitrogens is 1. The zero-order valence-electron chi connectivity index (χ0n) is 12.0. The summed E-state index contributed by atoms with van der Waals surface area (Å²) in [5.41, 5.74) is 1.37. The Bertz CT molecular complexity index is 619. The maximum atomic E-state index is 12.5. The minimum Gasteiger partial charge on any atom is -0.496 e. The summed E-state index contributed by atoms with van der Waals surface area (Å²) in [6.07, 6.45) is 5.72. The number of rotatable bonds is 4. The van der Waals surface area contributed by atoms with E-state index >= 15 is 0 Å². The highest BCUT2D eigenvalue weighted by atomic mass is 32.1. The van der Waals surface area contributed by atoms with Crippen LogP contribution < -0.4 is 10.1 Å². The highest BCUT2D eigenvalue weighted by molar-refractivity contribution is 7.03. The van der Waals surface area contributed by atoms with Gasteiger partial charge in [0, 0.05) is 10.9 Å². The fourth-order valence-corrected chi connectivity index (χ4v) is 3.60. The summed E-state index contributed by atoms with van der Waals surface area (Å²) in [6.45, 7) is 0. The van der Waals surface area contributed by atoms with Crippen molar-refractivity contribution in [1.29, 1.82) is 0 Å². The average molecular weight is 302 g/mol. The fourth-order valence-electron chi connectivity index (χ4n) is 3.09. The predicted octanol–water partition coefficient (Wildman–Crippen LogP) is 3.35. The van der Waals surface area contributed by atoms with Crippen LogP contribution in [-0.4, -0.2) is 17.4 Å². The molecule has 2 aromatic rings. The fraction of sp³-hybridized carbons (Fsp3) is 0.375. The van der Waals surface area contributed by atoms with Crippen molar-refractivity contribution in [3.63, 3.8) is 0 Å². The van der Waals surface area contributed by atoms with Crippen LogP contribution in [0.5, 0.6) is 5.75 Å². The van der Waals surface area contributed by atoms with E-state index in [2.05, 4.69) is 15.8 Å². The van der Waals surface area contributed by atoms with Crippen LogP contribution in [0.3, 0.4) is 0 Å². The summed E-state index contributed by atoms with van der Waals surface area (Å²) in [5, 5.41) is 5.01. The van der Waals surface area contributed by atoms with Crippen LogP contribution in [0.1, 0.15) is 41.6 Å². The summed E-state index contributed by atoms with van der Waals surface area (Å²) < 4.78 is 9.50. The lowest BCUT2D eigenvalue weighted by atomic mass is 9.87. The van der Waals surface area contributed by atoms with Gasteiger partial charge in [-0.2, -0.15) is 0 Å². The van der Waals surface area contributed by atoms with E-state index in [1.807, 2.05) is 18.2 Å². The molecule has 1 aromatic heterocycles. The Hall–Kier alpha value is -1.88. The van der Waals surface area contributed by atoms with Gasteiger partial charge in [0.15, 0.2) is 0 Å². The molecule has 110 valence electrons. The number of ether oxygens (including phenoxy) is 1. The monoisotopic (exact) mass is 302 g/mol. The van der Waals surface area contributed by atoms with Gasteiger partial charge in [-0.15, -0.1) is 0 Å². The van der Waals surface area contributed by atoms with Crippen molar-refractivity contribution in [2.75, 3.05) is 7.11 Å². The van der Waals surface area contributed by atoms with Crippen LogP contribution in [0.4, 0.5) is 0 Å². The molecular formula is C16H18N2O2S. The molecule has 0 bridgehead atoms. The number of carbonyl (C=O) groups is 1. The molecule has 0 spiro atoms. The topological polar surface area (TPSA) is 51.2 Å². The van der Waals surface area contributed by atoms with Gasteiger partial charge in [0.2, 0.25) is 0 Å². The zero-order valence-corrected chi connectivity index (χ0v) is 12.8. The zero-order chi connectivity index (χ0) is 14.7. The van der Waals surface area contributed by atoms with Crippen LogP contribution >= 0.6 is 11.5 Å². The molecule has 1 aliphatic rings. The second-order valence-corrected chi connectivity index (χ2v) is 6.01. The summed E-state index contributed by atoms with van der Waals surface area (Å²) >= 11 is 1.29. The molecule has 0 atom stereocenters. The van der Waals surface area contributed by atoms with Crippen molar-refractivity contribution in [3.05, 3.63) is 47.0 Å². The average Bonchev–Trinajstić information content (AvgIpc) is 3.19. The molecule has 1 amide bonds. The molecule has 0 radical (unpaired) electrons. The van der Waals surface area contributed by atoms with E-state index in [9.17, 15) is 4.79 Å². The highest BCUT2D eigenvalue weighted by Gasteiger charge is 2.39. The molecule has 0 aliphatic heterocycles. The van der Waals surface area contributed by atoms with E-state index in [1.165, 1.54) is 11.5 Å². The quantitative estimate of drug-likeness (QED) is 0.942. The maximum Gasteiger partial charge on any atom is 0.254 e. The molecule has 21 heavy (non-hydrogen) atoms. The largest absolute Gasteiger partial charge is 0.496 e. The first kappa shape index (κ1) is 14.1. The van der Waals surface area contributed by atoms with E-state index in [0.717, 1.165) is 37.0 Å². The third kappa shape index (κ3) is 2.65.